The number of thiophene rings is 1. The summed E-state index contributed by atoms with van der Waals surface area (Å²) in [7, 11) is 0. The summed E-state index contributed by atoms with van der Waals surface area (Å²) in [6.45, 7) is 3.65. The molecule has 0 spiro atoms. The average molecular weight is 378 g/mol. The Bertz CT molecular complexity index is 1100. The fourth-order valence-corrected chi connectivity index (χ4v) is 3.43. The first-order valence-corrected chi connectivity index (χ1v) is 8.84. The van der Waals surface area contributed by atoms with Crippen molar-refractivity contribution in [3.63, 3.8) is 0 Å². The topological polar surface area (TPSA) is 112 Å². The standard InChI is InChI=1S/C19H14N4O3S/c1-3-25-19(24)16-11(2)13(9-21)18(27-16)22-10-12(8-20)17-23-14-6-4-5-7-15(14)26-17/h4-7,10,22H,3H2,1-2H3/b12-10+. The van der Waals surface area contributed by atoms with Gasteiger partial charge in [0.05, 0.1) is 12.2 Å². The molecular weight excluding hydrogens is 364 g/mol. The predicted octanol–water partition coefficient (Wildman–Crippen LogP) is 4.22. The Morgan fingerprint density at radius 1 is 1.41 bits per heavy atom. The Hall–Kier alpha value is -3.62. The maximum Gasteiger partial charge on any atom is 0.348 e. The second-order valence-corrected chi connectivity index (χ2v) is 6.41. The van der Waals surface area contributed by atoms with Crippen molar-refractivity contribution in [3.8, 4) is 12.1 Å². The van der Waals surface area contributed by atoms with E-state index in [2.05, 4.69) is 16.4 Å². The summed E-state index contributed by atoms with van der Waals surface area (Å²) in [6, 6.07) is 11.3. The number of nitriles is 2. The van der Waals surface area contributed by atoms with Crippen LogP contribution in [0.1, 0.15) is 33.6 Å². The Morgan fingerprint density at radius 2 is 2.19 bits per heavy atom. The minimum Gasteiger partial charge on any atom is -0.462 e. The molecule has 0 saturated carbocycles. The minimum absolute atomic E-state index is 0.166. The number of rotatable bonds is 5. The van der Waals surface area contributed by atoms with Crippen molar-refractivity contribution in [3.05, 3.63) is 52.4 Å². The van der Waals surface area contributed by atoms with Crippen LogP contribution in [0, 0.1) is 29.6 Å². The van der Waals surface area contributed by atoms with Gasteiger partial charge in [0, 0.05) is 6.20 Å². The largest absolute Gasteiger partial charge is 0.462 e. The van der Waals surface area contributed by atoms with Gasteiger partial charge in [-0.1, -0.05) is 12.1 Å². The number of fused-ring (bicyclic) bond motifs is 1. The fraction of sp³-hybridized carbons (Fsp3) is 0.158. The molecular formula is C19H14N4O3S. The number of oxazole rings is 1. The van der Waals surface area contributed by atoms with Gasteiger partial charge in [-0.15, -0.1) is 11.3 Å². The molecule has 0 aliphatic carbocycles. The highest BCUT2D eigenvalue weighted by Crippen LogP contribution is 2.33. The number of ether oxygens (including phenoxy) is 1. The molecule has 0 fully saturated rings. The molecule has 0 amide bonds. The number of nitrogens with one attached hydrogen (secondary N) is 1. The van der Waals surface area contributed by atoms with Crippen molar-refractivity contribution >= 4 is 39.0 Å². The molecule has 7 nitrogen and oxygen atoms in total. The molecule has 0 saturated heterocycles. The zero-order chi connectivity index (χ0) is 19.4. The van der Waals surface area contributed by atoms with Crippen LogP contribution in [0.15, 0.2) is 34.9 Å². The lowest BCUT2D eigenvalue weighted by molar-refractivity contribution is 0.0531. The molecule has 1 N–H and O–H groups in total. The maximum absolute atomic E-state index is 12.0. The zero-order valence-electron chi connectivity index (χ0n) is 14.6. The lowest BCUT2D eigenvalue weighted by Crippen LogP contribution is -2.03. The van der Waals surface area contributed by atoms with Gasteiger partial charge in [-0.05, 0) is 31.5 Å². The number of nitrogens with zero attached hydrogens (tertiary/aromatic N) is 3. The number of aromatic nitrogens is 1. The molecule has 0 unspecified atom stereocenters. The summed E-state index contributed by atoms with van der Waals surface area (Å²) >= 11 is 1.10. The third-order valence-electron chi connectivity index (χ3n) is 3.71. The minimum atomic E-state index is -0.479. The first kappa shape index (κ1) is 18.2. The monoisotopic (exact) mass is 378 g/mol. The lowest BCUT2D eigenvalue weighted by Gasteiger charge is -1.98. The van der Waals surface area contributed by atoms with Gasteiger partial charge in [0.25, 0.3) is 0 Å². The van der Waals surface area contributed by atoms with Crippen LogP contribution in [0.2, 0.25) is 0 Å². The van der Waals surface area contributed by atoms with E-state index >= 15 is 0 Å². The van der Waals surface area contributed by atoms with E-state index in [1.54, 1.807) is 26.0 Å². The van der Waals surface area contributed by atoms with Crippen LogP contribution in [-0.2, 0) is 4.74 Å². The predicted molar refractivity (Wildman–Crippen MR) is 101 cm³/mol. The molecule has 3 aromatic rings. The number of anilines is 1. The highest BCUT2D eigenvalue weighted by molar-refractivity contribution is 7.18. The Kier molecular flexibility index (Phi) is 5.20. The molecule has 2 heterocycles. The van der Waals surface area contributed by atoms with Crippen molar-refractivity contribution in [1.82, 2.24) is 4.98 Å². The van der Waals surface area contributed by atoms with Gasteiger partial charge in [0.15, 0.2) is 5.58 Å². The summed E-state index contributed by atoms with van der Waals surface area (Å²) < 4.78 is 10.6. The molecule has 1 aromatic carbocycles. The molecule has 0 radical (unpaired) electrons. The van der Waals surface area contributed by atoms with Crippen molar-refractivity contribution in [2.45, 2.75) is 13.8 Å². The van der Waals surface area contributed by atoms with Gasteiger partial charge in [0.2, 0.25) is 5.89 Å². The van der Waals surface area contributed by atoms with E-state index in [9.17, 15) is 15.3 Å². The van der Waals surface area contributed by atoms with Gasteiger partial charge in [0.1, 0.15) is 33.1 Å². The van der Waals surface area contributed by atoms with Gasteiger partial charge in [-0.2, -0.15) is 10.5 Å². The summed E-state index contributed by atoms with van der Waals surface area (Å²) in [5.74, 6) is -0.309. The average Bonchev–Trinajstić information content (AvgIpc) is 3.23. The highest BCUT2D eigenvalue weighted by Gasteiger charge is 2.21. The van der Waals surface area contributed by atoms with E-state index in [1.807, 2.05) is 18.2 Å². The van der Waals surface area contributed by atoms with Crippen LogP contribution in [0.25, 0.3) is 16.7 Å². The number of hydrogen-bond donors (Lipinski definition) is 1. The normalized spacial score (nSPS) is 11.0. The summed E-state index contributed by atoms with van der Waals surface area (Å²) in [5, 5.41) is 22.2. The number of esters is 1. The van der Waals surface area contributed by atoms with E-state index in [0.717, 1.165) is 11.3 Å². The Morgan fingerprint density at radius 3 is 2.85 bits per heavy atom. The number of hydrogen-bond acceptors (Lipinski definition) is 8. The Labute approximate surface area is 159 Å². The second kappa shape index (κ2) is 7.73. The van der Waals surface area contributed by atoms with Crippen LogP contribution in [-0.4, -0.2) is 17.6 Å². The van der Waals surface area contributed by atoms with Gasteiger partial charge < -0.3 is 14.5 Å². The van der Waals surface area contributed by atoms with Crippen LogP contribution >= 0.6 is 11.3 Å². The first-order chi connectivity index (χ1) is 13.1. The number of carbonyl (C=O) groups is 1. The van der Waals surface area contributed by atoms with Crippen molar-refractivity contribution in [2.75, 3.05) is 11.9 Å². The van der Waals surface area contributed by atoms with E-state index in [0.29, 0.717) is 32.1 Å². The Balaban J connectivity index is 1.94. The van der Waals surface area contributed by atoms with E-state index < -0.39 is 5.97 Å². The smallest absolute Gasteiger partial charge is 0.348 e. The lowest BCUT2D eigenvalue weighted by atomic mass is 10.2. The van der Waals surface area contributed by atoms with Crippen LogP contribution in [0.5, 0.6) is 0 Å². The van der Waals surface area contributed by atoms with E-state index in [-0.39, 0.29) is 18.1 Å². The van der Waals surface area contributed by atoms with Crippen molar-refractivity contribution in [1.29, 1.82) is 10.5 Å². The molecule has 2 aromatic heterocycles. The zero-order valence-corrected chi connectivity index (χ0v) is 15.4. The number of allylic oxidation sites excluding steroid dienone is 1. The SMILES string of the molecule is CCOC(=O)c1sc(N/C=C(\C#N)c2nc3ccccc3o2)c(C#N)c1C. The summed E-state index contributed by atoms with van der Waals surface area (Å²) in [4.78, 5) is 16.7. The third kappa shape index (κ3) is 3.52. The number of benzene rings is 1. The first-order valence-electron chi connectivity index (χ1n) is 8.02. The second-order valence-electron chi connectivity index (χ2n) is 5.39. The van der Waals surface area contributed by atoms with E-state index in [4.69, 9.17) is 9.15 Å². The van der Waals surface area contributed by atoms with Crippen molar-refractivity contribution < 1.29 is 13.9 Å². The molecule has 0 atom stereocenters. The maximum atomic E-state index is 12.0. The quantitative estimate of drug-likeness (QED) is 0.522. The van der Waals surface area contributed by atoms with Crippen LogP contribution < -0.4 is 5.32 Å². The van der Waals surface area contributed by atoms with Crippen LogP contribution in [0.3, 0.4) is 0 Å². The molecule has 3 rings (SSSR count). The fourth-order valence-electron chi connectivity index (χ4n) is 2.41. The molecule has 8 heteroatoms. The number of para-hydroxylation sites is 2. The molecule has 0 aliphatic rings. The molecule has 0 aliphatic heterocycles. The summed E-state index contributed by atoms with van der Waals surface area (Å²) in [6.07, 6.45) is 1.41. The van der Waals surface area contributed by atoms with Gasteiger partial charge >= 0.3 is 5.97 Å². The molecule has 134 valence electrons. The van der Waals surface area contributed by atoms with Crippen molar-refractivity contribution in [2.24, 2.45) is 0 Å². The van der Waals surface area contributed by atoms with E-state index in [1.165, 1.54) is 6.20 Å². The van der Waals surface area contributed by atoms with Gasteiger partial charge in [-0.3, -0.25) is 0 Å². The molecule has 27 heavy (non-hydrogen) atoms. The summed E-state index contributed by atoms with van der Waals surface area (Å²) in [5.41, 5.74) is 2.25. The third-order valence-corrected chi connectivity index (χ3v) is 4.91. The number of carbonyl (C=O) groups excluding carboxylic acids is 1. The highest BCUT2D eigenvalue weighted by atomic mass is 32.1. The molecule has 0 bridgehead atoms. The van der Waals surface area contributed by atoms with Crippen LogP contribution in [0.4, 0.5) is 5.00 Å². The van der Waals surface area contributed by atoms with Gasteiger partial charge in [-0.25, -0.2) is 9.78 Å².